The Bertz CT molecular complexity index is 829. The van der Waals surface area contributed by atoms with Crippen LogP contribution < -0.4 is 4.74 Å². The van der Waals surface area contributed by atoms with Crippen LogP contribution in [-0.2, 0) is 22.7 Å². The molecule has 0 saturated heterocycles. The average Bonchev–Trinajstić information content (AvgIpc) is 2.58. The minimum Gasteiger partial charge on any atom is -0.467 e. The number of fused-ring (bicyclic) bond motifs is 1. The lowest BCUT2D eigenvalue weighted by atomic mass is 10.1. The number of esters is 1. The van der Waals surface area contributed by atoms with E-state index in [1.54, 1.807) is 13.8 Å². The van der Waals surface area contributed by atoms with Crippen LogP contribution in [0.2, 0.25) is 0 Å². The van der Waals surface area contributed by atoms with Crippen molar-refractivity contribution in [2.75, 3.05) is 13.0 Å². The summed E-state index contributed by atoms with van der Waals surface area (Å²) in [5, 5.41) is 0.556. The van der Waals surface area contributed by atoms with Gasteiger partial charge in [0.25, 0.3) is 0 Å². The lowest BCUT2D eigenvalue weighted by Gasteiger charge is -2.20. The van der Waals surface area contributed by atoms with Crippen molar-refractivity contribution in [1.29, 1.82) is 0 Å². The van der Waals surface area contributed by atoms with Gasteiger partial charge in [-0.05, 0) is 32.2 Å². The van der Waals surface area contributed by atoms with Gasteiger partial charge in [-0.1, -0.05) is 0 Å². The zero-order valence-corrected chi connectivity index (χ0v) is 14.9. The number of thioether (sulfide) groups is 1. The summed E-state index contributed by atoms with van der Waals surface area (Å²) in [6.07, 6.45) is 1.83. The van der Waals surface area contributed by atoms with Crippen LogP contribution >= 0.6 is 11.8 Å². The number of carbonyl (C=O) groups is 1. The maximum Gasteiger partial charge on any atom is 0.343 e. The van der Waals surface area contributed by atoms with Crippen LogP contribution in [0.15, 0.2) is 17.2 Å². The number of hydrogen-bond donors (Lipinski definition) is 0. The fraction of sp³-hybridized carbons (Fsp3) is 0.353. The first kappa shape index (κ1) is 17.6. The highest BCUT2D eigenvalue weighted by molar-refractivity contribution is 7.98. The summed E-state index contributed by atoms with van der Waals surface area (Å²) in [5.74, 6) is 0.110. The third kappa shape index (κ3) is 3.74. The molecule has 0 fully saturated rings. The van der Waals surface area contributed by atoms with E-state index in [0.717, 1.165) is 0 Å². The van der Waals surface area contributed by atoms with Gasteiger partial charge in [0, 0.05) is 11.1 Å². The maximum absolute atomic E-state index is 13.8. The first-order valence-electron chi connectivity index (χ1n) is 7.57. The second-order valence-corrected chi connectivity index (χ2v) is 6.28. The Morgan fingerprint density at radius 2 is 2.16 bits per heavy atom. The Hall–Kier alpha value is -2.19. The highest BCUT2D eigenvalue weighted by Crippen LogP contribution is 2.30. The molecule has 6 nitrogen and oxygen atoms in total. The molecule has 0 atom stereocenters. The van der Waals surface area contributed by atoms with E-state index < -0.39 is 11.8 Å². The van der Waals surface area contributed by atoms with Crippen LogP contribution in [0.3, 0.4) is 0 Å². The molecule has 0 spiro atoms. The number of carbonyl (C=O) groups excluding carboxylic acids is 1. The van der Waals surface area contributed by atoms with Crippen LogP contribution in [0.1, 0.15) is 33.0 Å². The van der Waals surface area contributed by atoms with Gasteiger partial charge in [0.15, 0.2) is 6.79 Å². The molecule has 2 aromatic rings. The Morgan fingerprint density at radius 1 is 1.36 bits per heavy atom. The molecule has 0 radical (unpaired) electrons. The highest BCUT2D eigenvalue weighted by Gasteiger charge is 2.22. The van der Waals surface area contributed by atoms with Crippen molar-refractivity contribution in [2.45, 2.75) is 32.1 Å². The zero-order valence-electron chi connectivity index (χ0n) is 14.1. The predicted octanol–water partition coefficient (Wildman–Crippen LogP) is 3.18. The lowest BCUT2D eigenvalue weighted by molar-refractivity contribution is -0.0183. The fourth-order valence-corrected chi connectivity index (χ4v) is 3.30. The van der Waals surface area contributed by atoms with Crippen LogP contribution in [0.4, 0.5) is 4.39 Å². The molecule has 0 N–H and O–H groups in total. The summed E-state index contributed by atoms with van der Waals surface area (Å²) in [6.45, 7) is 3.73. The second kappa shape index (κ2) is 7.37. The predicted molar refractivity (Wildman–Crippen MR) is 89.1 cm³/mol. The maximum atomic E-state index is 13.8. The van der Waals surface area contributed by atoms with E-state index in [0.29, 0.717) is 39.0 Å². The smallest absolute Gasteiger partial charge is 0.343 e. The van der Waals surface area contributed by atoms with E-state index in [9.17, 15) is 9.18 Å². The molecule has 2 heterocycles. The Balaban J connectivity index is 1.83. The van der Waals surface area contributed by atoms with E-state index in [1.165, 1.54) is 23.9 Å². The van der Waals surface area contributed by atoms with Gasteiger partial charge in [0.1, 0.15) is 34.6 Å². The molecule has 1 aromatic heterocycles. The van der Waals surface area contributed by atoms with E-state index in [4.69, 9.17) is 14.2 Å². The molecule has 8 heteroatoms. The first-order valence-corrected chi connectivity index (χ1v) is 8.80. The largest absolute Gasteiger partial charge is 0.467 e. The number of aryl methyl sites for hydroxylation is 2. The first-order chi connectivity index (χ1) is 12.0. The summed E-state index contributed by atoms with van der Waals surface area (Å²) in [6, 6.07) is 2.65. The minimum atomic E-state index is -0.549. The Labute approximate surface area is 148 Å². The number of ether oxygens (including phenoxy) is 3. The van der Waals surface area contributed by atoms with Crippen molar-refractivity contribution in [3.05, 3.63) is 46.2 Å². The van der Waals surface area contributed by atoms with Crippen LogP contribution in [0, 0.1) is 19.7 Å². The molecule has 1 aliphatic heterocycles. The molecule has 0 saturated carbocycles. The number of aromatic nitrogens is 2. The standard InChI is InChI=1S/C17H17FN2O4S/c1-9-14(16(25-3)20-10(2)19-9)17(21)23-7-12-5-13(18)4-11-6-22-8-24-15(11)12/h4-5H,6-8H2,1-3H3. The van der Waals surface area contributed by atoms with Crippen molar-refractivity contribution >= 4 is 17.7 Å². The van der Waals surface area contributed by atoms with Crippen LogP contribution in [0.25, 0.3) is 0 Å². The van der Waals surface area contributed by atoms with E-state index in [-0.39, 0.29) is 20.0 Å². The van der Waals surface area contributed by atoms with Crippen molar-refractivity contribution in [1.82, 2.24) is 9.97 Å². The summed E-state index contributed by atoms with van der Waals surface area (Å²) in [5.41, 5.74) is 1.93. The van der Waals surface area contributed by atoms with E-state index in [1.807, 2.05) is 6.26 Å². The normalized spacial score (nSPS) is 13.1. The van der Waals surface area contributed by atoms with E-state index >= 15 is 0 Å². The lowest BCUT2D eigenvalue weighted by Crippen LogP contribution is -2.16. The van der Waals surface area contributed by atoms with Crippen molar-refractivity contribution in [3.63, 3.8) is 0 Å². The quantitative estimate of drug-likeness (QED) is 0.469. The van der Waals surface area contributed by atoms with Gasteiger partial charge in [0.05, 0.1) is 12.3 Å². The Morgan fingerprint density at radius 3 is 2.92 bits per heavy atom. The van der Waals surface area contributed by atoms with Gasteiger partial charge >= 0.3 is 5.97 Å². The molecule has 0 aliphatic carbocycles. The van der Waals surface area contributed by atoms with Crippen molar-refractivity contribution in [3.8, 4) is 5.75 Å². The Kier molecular flexibility index (Phi) is 5.19. The number of hydrogen-bond acceptors (Lipinski definition) is 7. The molecule has 0 unspecified atom stereocenters. The third-order valence-electron chi connectivity index (χ3n) is 3.68. The molecule has 132 valence electrons. The van der Waals surface area contributed by atoms with Gasteiger partial charge in [0.2, 0.25) is 0 Å². The SMILES string of the molecule is CSc1nc(C)nc(C)c1C(=O)OCc1cc(F)cc2c1OCOC2. The number of halogens is 1. The molecule has 0 bridgehead atoms. The monoisotopic (exact) mass is 364 g/mol. The van der Waals surface area contributed by atoms with Gasteiger partial charge in [-0.15, -0.1) is 11.8 Å². The average molecular weight is 364 g/mol. The summed E-state index contributed by atoms with van der Waals surface area (Å²) in [7, 11) is 0. The van der Waals surface area contributed by atoms with Crippen molar-refractivity contribution < 1.29 is 23.4 Å². The van der Waals surface area contributed by atoms with Crippen LogP contribution in [0.5, 0.6) is 5.75 Å². The van der Waals surface area contributed by atoms with Gasteiger partial charge < -0.3 is 14.2 Å². The molecule has 1 aromatic carbocycles. The van der Waals surface area contributed by atoms with Gasteiger partial charge in [-0.3, -0.25) is 0 Å². The molecule has 25 heavy (non-hydrogen) atoms. The number of benzene rings is 1. The van der Waals surface area contributed by atoms with Gasteiger partial charge in [-0.2, -0.15) is 0 Å². The van der Waals surface area contributed by atoms with Crippen molar-refractivity contribution in [2.24, 2.45) is 0 Å². The summed E-state index contributed by atoms with van der Waals surface area (Å²) in [4.78, 5) is 21.0. The molecular weight excluding hydrogens is 347 g/mol. The highest BCUT2D eigenvalue weighted by atomic mass is 32.2. The molecular formula is C17H17FN2O4S. The third-order valence-corrected chi connectivity index (χ3v) is 4.36. The van der Waals surface area contributed by atoms with Gasteiger partial charge in [-0.25, -0.2) is 19.2 Å². The summed E-state index contributed by atoms with van der Waals surface area (Å²) >= 11 is 1.35. The topological polar surface area (TPSA) is 70.5 Å². The number of nitrogens with zero attached hydrogens (tertiary/aromatic N) is 2. The number of rotatable bonds is 4. The molecule has 3 rings (SSSR count). The molecule has 1 aliphatic rings. The minimum absolute atomic E-state index is 0.0844. The van der Waals surface area contributed by atoms with Crippen LogP contribution in [-0.4, -0.2) is 29.0 Å². The second-order valence-electron chi connectivity index (χ2n) is 5.48. The fourth-order valence-electron chi connectivity index (χ4n) is 2.64. The zero-order chi connectivity index (χ0) is 18.0. The summed E-state index contributed by atoms with van der Waals surface area (Å²) < 4.78 is 29.7. The molecule has 0 amide bonds. The van der Waals surface area contributed by atoms with E-state index in [2.05, 4.69) is 9.97 Å².